The van der Waals surface area contributed by atoms with Crippen molar-refractivity contribution in [1.82, 2.24) is 4.98 Å². The van der Waals surface area contributed by atoms with Crippen LogP contribution in [0.25, 0.3) is 0 Å². The highest BCUT2D eigenvalue weighted by Gasteiger charge is 2.34. The number of aromatic nitrogens is 1. The van der Waals surface area contributed by atoms with Gasteiger partial charge < -0.3 is 9.47 Å². The third kappa shape index (κ3) is 5.42. The largest absolute Gasteiger partial charge is 0.462 e. The van der Waals surface area contributed by atoms with Gasteiger partial charge in [-0.15, -0.1) is 0 Å². The molecule has 144 valence electrons. The molecule has 1 aliphatic heterocycles. The summed E-state index contributed by atoms with van der Waals surface area (Å²) in [6, 6.07) is 3.14. The quantitative estimate of drug-likeness (QED) is 0.407. The van der Waals surface area contributed by atoms with Crippen molar-refractivity contribution in [3.8, 4) is 0 Å². The number of anilines is 1. The van der Waals surface area contributed by atoms with Gasteiger partial charge in [0.1, 0.15) is 17.1 Å². The van der Waals surface area contributed by atoms with Gasteiger partial charge in [-0.3, -0.25) is 9.69 Å². The van der Waals surface area contributed by atoms with E-state index in [1.54, 1.807) is 17.9 Å². The van der Waals surface area contributed by atoms with E-state index in [2.05, 4.69) is 25.8 Å². The minimum atomic E-state index is -0.524. The number of pyridine rings is 1. The second-order valence-corrected chi connectivity index (χ2v) is 7.89. The number of amides is 1. The molecule has 0 aliphatic carbocycles. The third-order valence-electron chi connectivity index (χ3n) is 4.15. The van der Waals surface area contributed by atoms with Crippen molar-refractivity contribution in [2.24, 2.45) is 5.41 Å². The highest BCUT2D eigenvalue weighted by molar-refractivity contribution is 6.32. The lowest BCUT2D eigenvalue weighted by Gasteiger charge is -2.19. The van der Waals surface area contributed by atoms with Crippen LogP contribution < -0.4 is 4.90 Å². The highest BCUT2D eigenvalue weighted by atomic mass is 35.5. The molecule has 1 fully saturated rings. The molecule has 0 N–H and O–H groups in total. The van der Waals surface area contributed by atoms with Crippen LogP contribution in [0.1, 0.15) is 57.3 Å². The first-order chi connectivity index (χ1) is 12.2. The van der Waals surface area contributed by atoms with Crippen LogP contribution in [0, 0.1) is 5.41 Å². The maximum atomic E-state index is 12.6. The molecule has 1 atom stereocenters. The van der Waals surface area contributed by atoms with Crippen LogP contribution in [-0.4, -0.2) is 42.7 Å². The summed E-state index contributed by atoms with van der Waals surface area (Å²) in [5.74, 6) is -0.216. The van der Waals surface area contributed by atoms with Gasteiger partial charge in [-0.05, 0) is 37.3 Å². The number of hydrogen-bond acceptors (Lipinski definition) is 5. The molecule has 0 radical (unpaired) electrons. The van der Waals surface area contributed by atoms with Gasteiger partial charge in [0, 0.05) is 19.6 Å². The van der Waals surface area contributed by atoms with Gasteiger partial charge in [0.2, 0.25) is 0 Å². The van der Waals surface area contributed by atoms with Crippen LogP contribution in [0.2, 0.25) is 5.15 Å². The molecule has 0 spiro atoms. The van der Waals surface area contributed by atoms with Crippen molar-refractivity contribution < 1.29 is 19.1 Å². The highest BCUT2D eigenvalue weighted by Crippen LogP contribution is 2.26. The van der Waals surface area contributed by atoms with E-state index >= 15 is 0 Å². The molecule has 1 aliphatic rings. The number of hydrogen-bond donors (Lipinski definition) is 0. The topological polar surface area (TPSA) is 68.7 Å². The van der Waals surface area contributed by atoms with Crippen molar-refractivity contribution in [2.45, 2.75) is 53.1 Å². The minimum absolute atomic E-state index is 0.0308. The molecule has 6 nitrogen and oxygen atoms in total. The Bertz CT molecular complexity index is 657. The SMILES string of the molecule is CCOC(=O)c1ccc(N2CCC(OCCCC(C)(C)C)C2=O)nc1Cl. The molecule has 0 bridgehead atoms. The second kappa shape index (κ2) is 8.82. The van der Waals surface area contributed by atoms with Crippen molar-refractivity contribution in [2.75, 3.05) is 24.7 Å². The van der Waals surface area contributed by atoms with E-state index < -0.39 is 12.1 Å². The fourth-order valence-corrected chi connectivity index (χ4v) is 3.03. The first-order valence-electron chi connectivity index (χ1n) is 8.99. The van der Waals surface area contributed by atoms with E-state index in [9.17, 15) is 9.59 Å². The molecule has 26 heavy (non-hydrogen) atoms. The number of nitrogens with zero attached hydrogens (tertiary/aromatic N) is 2. The number of carbonyl (C=O) groups is 2. The van der Waals surface area contributed by atoms with Crippen molar-refractivity contribution in [3.05, 3.63) is 22.8 Å². The zero-order chi connectivity index (χ0) is 19.3. The van der Waals surface area contributed by atoms with Gasteiger partial charge in [0.25, 0.3) is 5.91 Å². The summed E-state index contributed by atoms with van der Waals surface area (Å²) in [6.45, 7) is 9.62. The van der Waals surface area contributed by atoms with Crippen molar-refractivity contribution in [3.63, 3.8) is 0 Å². The molecule has 7 heteroatoms. The lowest BCUT2D eigenvalue weighted by atomic mass is 9.91. The maximum absolute atomic E-state index is 12.6. The molecular formula is C19H27ClN2O4. The molecule has 1 aromatic rings. The monoisotopic (exact) mass is 382 g/mol. The predicted molar refractivity (Wildman–Crippen MR) is 101 cm³/mol. The Morgan fingerprint density at radius 2 is 2.12 bits per heavy atom. The molecule has 1 amide bonds. The fraction of sp³-hybridized carbons (Fsp3) is 0.632. The average molecular weight is 383 g/mol. The Kier molecular flexibility index (Phi) is 7.01. The number of esters is 1. The summed E-state index contributed by atoms with van der Waals surface area (Å²) in [5.41, 5.74) is 0.454. The Morgan fingerprint density at radius 1 is 1.38 bits per heavy atom. The van der Waals surface area contributed by atoms with E-state index in [0.717, 1.165) is 12.8 Å². The van der Waals surface area contributed by atoms with Gasteiger partial charge in [-0.25, -0.2) is 9.78 Å². The van der Waals surface area contributed by atoms with Gasteiger partial charge in [0.15, 0.2) is 0 Å². The first-order valence-corrected chi connectivity index (χ1v) is 9.37. The Hall–Kier alpha value is -1.66. The van der Waals surface area contributed by atoms with Crippen LogP contribution in [0.4, 0.5) is 5.82 Å². The zero-order valence-electron chi connectivity index (χ0n) is 15.9. The second-order valence-electron chi connectivity index (χ2n) is 7.53. The Labute approximate surface area is 159 Å². The van der Waals surface area contributed by atoms with E-state index in [1.165, 1.54) is 6.07 Å². The lowest BCUT2D eigenvalue weighted by Crippen LogP contribution is -2.31. The number of halogens is 1. The predicted octanol–water partition coefficient (Wildman–Crippen LogP) is 3.86. The van der Waals surface area contributed by atoms with Crippen LogP contribution >= 0.6 is 11.6 Å². The van der Waals surface area contributed by atoms with Crippen molar-refractivity contribution in [1.29, 1.82) is 0 Å². The first kappa shape index (κ1) is 20.6. The van der Waals surface area contributed by atoms with Gasteiger partial charge in [0.05, 0.1) is 12.2 Å². The smallest absolute Gasteiger partial charge is 0.341 e. The molecule has 1 unspecified atom stereocenters. The molecule has 2 heterocycles. The molecule has 1 saturated heterocycles. The summed E-state index contributed by atoms with van der Waals surface area (Å²) >= 11 is 6.09. The zero-order valence-corrected chi connectivity index (χ0v) is 16.6. The Balaban J connectivity index is 1.95. The third-order valence-corrected chi connectivity index (χ3v) is 4.44. The molecule has 0 saturated carbocycles. The van der Waals surface area contributed by atoms with E-state index in [-0.39, 0.29) is 28.6 Å². The number of rotatable bonds is 7. The van der Waals surface area contributed by atoms with Crippen molar-refractivity contribution >= 4 is 29.3 Å². The van der Waals surface area contributed by atoms with Crippen LogP contribution in [0.15, 0.2) is 12.1 Å². The molecule has 1 aromatic heterocycles. The standard InChI is InChI=1S/C19H27ClN2O4/c1-5-25-18(24)13-7-8-15(21-16(13)20)22-11-9-14(17(22)23)26-12-6-10-19(2,3)4/h7-8,14H,5-6,9-12H2,1-4H3. The van der Waals surface area contributed by atoms with Crippen LogP contribution in [0.3, 0.4) is 0 Å². The summed E-state index contributed by atoms with van der Waals surface area (Å²) in [6.07, 6.45) is 2.14. The fourth-order valence-electron chi connectivity index (χ4n) is 2.80. The minimum Gasteiger partial charge on any atom is -0.462 e. The molecule has 2 rings (SSSR count). The van der Waals surface area contributed by atoms with Crippen LogP contribution in [-0.2, 0) is 14.3 Å². The van der Waals surface area contributed by atoms with Crippen LogP contribution in [0.5, 0.6) is 0 Å². The lowest BCUT2D eigenvalue weighted by molar-refractivity contribution is -0.127. The summed E-state index contributed by atoms with van der Waals surface area (Å²) in [4.78, 5) is 30.1. The summed E-state index contributed by atoms with van der Waals surface area (Å²) in [5, 5.41) is 0.0308. The van der Waals surface area contributed by atoms with Gasteiger partial charge >= 0.3 is 5.97 Å². The normalized spacial score (nSPS) is 17.7. The average Bonchev–Trinajstić information content (AvgIpc) is 2.91. The molecular weight excluding hydrogens is 356 g/mol. The summed E-state index contributed by atoms with van der Waals surface area (Å²) in [7, 11) is 0. The maximum Gasteiger partial charge on any atom is 0.341 e. The number of carbonyl (C=O) groups excluding carboxylic acids is 2. The van der Waals surface area contributed by atoms with E-state index in [0.29, 0.717) is 25.4 Å². The molecule has 0 aromatic carbocycles. The van der Waals surface area contributed by atoms with Gasteiger partial charge in [-0.1, -0.05) is 32.4 Å². The summed E-state index contributed by atoms with van der Waals surface area (Å²) < 4.78 is 10.7. The Morgan fingerprint density at radius 3 is 2.73 bits per heavy atom. The number of ether oxygens (including phenoxy) is 2. The van der Waals surface area contributed by atoms with E-state index in [4.69, 9.17) is 21.1 Å². The van der Waals surface area contributed by atoms with E-state index in [1.807, 2.05) is 0 Å². The van der Waals surface area contributed by atoms with Gasteiger partial charge in [-0.2, -0.15) is 0 Å².